The molecule has 0 unspecified atom stereocenters. The van der Waals surface area contributed by atoms with Crippen molar-refractivity contribution in [3.8, 4) is 0 Å². The van der Waals surface area contributed by atoms with Gasteiger partial charge in [0.25, 0.3) is 5.91 Å². The second kappa shape index (κ2) is 5.68. The van der Waals surface area contributed by atoms with Crippen molar-refractivity contribution in [1.29, 1.82) is 0 Å². The Morgan fingerprint density at radius 2 is 1.73 bits per heavy atom. The van der Waals surface area contributed by atoms with E-state index < -0.39 is 0 Å². The fourth-order valence-corrected chi connectivity index (χ4v) is 2.67. The Bertz CT molecular complexity index is 832. The third-order valence-corrected chi connectivity index (χ3v) is 4.05. The maximum atomic E-state index is 12.7. The summed E-state index contributed by atoms with van der Waals surface area (Å²) in [5, 5.41) is 0.996. The van der Waals surface area contributed by atoms with Crippen molar-refractivity contribution >= 4 is 16.9 Å². The second-order valence-electron chi connectivity index (χ2n) is 5.64. The molecule has 3 nitrogen and oxygen atoms in total. The quantitative estimate of drug-likeness (QED) is 0.720. The molecule has 0 spiro atoms. The van der Waals surface area contributed by atoms with Gasteiger partial charge < -0.3 is 9.32 Å². The summed E-state index contributed by atoms with van der Waals surface area (Å²) >= 11 is 0. The van der Waals surface area contributed by atoms with Crippen LogP contribution in [0.15, 0.2) is 52.9 Å². The lowest BCUT2D eigenvalue weighted by molar-refractivity contribution is 0.0754. The number of fused-ring (bicyclic) bond motifs is 1. The van der Waals surface area contributed by atoms with E-state index in [-0.39, 0.29) is 5.91 Å². The van der Waals surface area contributed by atoms with E-state index in [0.29, 0.717) is 12.3 Å². The number of rotatable bonds is 3. The standard InChI is InChI=1S/C19H19NO2/c1-13-8-4-5-9-15(13)12-20(3)19(21)18-14(2)16-10-6-7-11-17(16)22-18/h4-11H,12H2,1-3H3. The molecule has 0 aliphatic rings. The average Bonchev–Trinajstić information content (AvgIpc) is 2.86. The number of carbonyl (C=O) groups is 1. The van der Waals surface area contributed by atoms with Crippen LogP contribution in [0.25, 0.3) is 11.0 Å². The van der Waals surface area contributed by atoms with Gasteiger partial charge in [0.2, 0.25) is 0 Å². The summed E-state index contributed by atoms with van der Waals surface area (Å²) < 4.78 is 5.76. The van der Waals surface area contributed by atoms with E-state index in [1.54, 1.807) is 11.9 Å². The lowest BCUT2D eigenvalue weighted by Crippen LogP contribution is -2.26. The molecular formula is C19H19NO2. The van der Waals surface area contributed by atoms with Crippen LogP contribution in [0.1, 0.15) is 27.2 Å². The highest BCUT2D eigenvalue weighted by Crippen LogP contribution is 2.26. The highest BCUT2D eigenvalue weighted by molar-refractivity contribution is 5.98. The van der Waals surface area contributed by atoms with E-state index in [2.05, 4.69) is 13.0 Å². The highest BCUT2D eigenvalue weighted by atomic mass is 16.3. The molecule has 22 heavy (non-hydrogen) atoms. The van der Waals surface area contributed by atoms with Crippen LogP contribution in [-0.2, 0) is 6.54 Å². The smallest absolute Gasteiger partial charge is 0.289 e. The predicted molar refractivity (Wildman–Crippen MR) is 87.9 cm³/mol. The zero-order valence-electron chi connectivity index (χ0n) is 13.1. The van der Waals surface area contributed by atoms with E-state index in [4.69, 9.17) is 4.42 Å². The molecule has 1 aromatic heterocycles. The van der Waals surface area contributed by atoms with Crippen molar-refractivity contribution in [1.82, 2.24) is 4.90 Å². The average molecular weight is 293 g/mol. The fourth-order valence-electron chi connectivity index (χ4n) is 2.67. The van der Waals surface area contributed by atoms with Crippen LogP contribution in [-0.4, -0.2) is 17.9 Å². The molecule has 0 saturated carbocycles. The molecule has 3 heteroatoms. The van der Waals surface area contributed by atoms with Gasteiger partial charge in [-0.3, -0.25) is 4.79 Å². The van der Waals surface area contributed by atoms with Crippen LogP contribution in [0.3, 0.4) is 0 Å². The summed E-state index contributed by atoms with van der Waals surface area (Å²) in [5.41, 5.74) is 3.99. The topological polar surface area (TPSA) is 33.5 Å². The molecule has 0 radical (unpaired) electrons. The first kappa shape index (κ1) is 14.4. The van der Waals surface area contributed by atoms with E-state index in [0.717, 1.165) is 22.1 Å². The van der Waals surface area contributed by atoms with E-state index in [1.807, 2.05) is 49.4 Å². The summed E-state index contributed by atoms with van der Waals surface area (Å²) in [6, 6.07) is 15.8. The van der Waals surface area contributed by atoms with Crippen LogP contribution in [0, 0.1) is 13.8 Å². The minimum atomic E-state index is -0.0862. The largest absolute Gasteiger partial charge is 0.451 e. The van der Waals surface area contributed by atoms with Gasteiger partial charge in [-0.2, -0.15) is 0 Å². The monoisotopic (exact) mass is 293 g/mol. The number of amides is 1. The summed E-state index contributed by atoms with van der Waals surface area (Å²) in [6.45, 7) is 4.56. The normalized spacial score (nSPS) is 10.9. The van der Waals surface area contributed by atoms with Crippen LogP contribution < -0.4 is 0 Å². The number of benzene rings is 2. The molecule has 3 aromatic rings. The Morgan fingerprint density at radius 1 is 1.05 bits per heavy atom. The van der Waals surface area contributed by atoms with Gasteiger partial charge in [-0.05, 0) is 31.0 Å². The molecule has 0 fully saturated rings. The number of aryl methyl sites for hydroxylation is 2. The van der Waals surface area contributed by atoms with Crippen LogP contribution in [0.5, 0.6) is 0 Å². The Morgan fingerprint density at radius 3 is 2.45 bits per heavy atom. The summed E-state index contributed by atoms with van der Waals surface area (Å²) in [6.07, 6.45) is 0. The summed E-state index contributed by atoms with van der Waals surface area (Å²) in [7, 11) is 1.81. The maximum absolute atomic E-state index is 12.7. The molecule has 3 rings (SSSR count). The SMILES string of the molecule is Cc1ccccc1CN(C)C(=O)c1oc2ccccc2c1C. The summed E-state index contributed by atoms with van der Waals surface area (Å²) in [5.74, 6) is 0.342. The van der Waals surface area contributed by atoms with Gasteiger partial charge in [0, 0.05) is 24.5 Å². The Labute approximate surface area is 130 Å². The van der Waals surface area contributed by atoms with Crippen molar-refractivity contribution in [3.05, 3.63) is 71.0 Å². The molecule has 0 atom stereocenters. The summed E-state index contributed by atoms with van der Waals surface area (Å²) in [4.78, 5) is 14.4. The zero-order valence-corrected chi connectivity index (χ0v) is 13.1. The lowest BCUT2D eigenvalue weighted by Gasteiger charge is -2.17. The predicted octanol–water partition coefficient (Wildman–Crippen LogP) is 4.32. The first-order chi connectivity index (χ1) is 10.6. The third-order valence-electron chi connectivity index (χ3n) is 4.05. The maximum Gasteiger partial charge on any atom is 0.289 e. The van der Waals surface area contributed by atoms with Gasteiger partial charge >= 0.3 is 0 Å². The third kappa shape index (κ3) is 2.50. The van der Waals surface area contributed by atoms with E-state index in [1.165, 1.54) is 5.56 Å². The molecule has 1 heterocycles. The fraction of sp³-hybridized carbons (Fsp3) is 0.211. The van der Waals surface area contributed by atoms with E-state index in [9.17, 15) is 4.79 Å². The lowest BCUT2D eigenvalue weighted by atomic mass is 10.1. The number of nitrogens with zero attached hydrogens (tertiary/aromatic N) is 1. The molecule has 0 N–H and O–H groups in total. The van der Waals surface area contributed by atoms with Crippen molar-refractivity contribution in [2.45, 2.75) is 20.4 Å². The van der Waals surface area contributed by atoms with Crippen molar-refractivity contribution in [3.63, 3.8) is 0 Å². The molecule has 112 valence electrons. The van der Waals surface area contributed by atoms with Crippen molar-refractivity contribution in [2.24, 2.45) is 0 Å². The Kier molecular flexibility index (Phi) is 3.72. The second-order valence-corrected chi connectivity index (χ2v) is 5.64. The zero-order chi connectivity index (χ0) is 15.7. The number of furan rings is 1. The Hall–Kier alpha value is -2.55. The number of carbonyl (C=O) groups excluding carboxylic acids is 1. The molecule has 0 bridgehead atoms. The number of para-hydroxylation sites is 1. The number of hydrogen-bond acceptors (Lipinski definition) is 2. The minimum absolute atomic E-state index is 0.0862. The van der Waals surface area contributed by atoms with E-state index >= 15 is 0 Å². The highest BCUT2D eigenvalue weighted by Gasteiger charge is 2.21. The van der Waals surface area contributed by atoms with Crippen LogP contribution in [0.2, 0.25) is 0 Å². The van der Waals surface area contributed by atoms with Gasteiger partial charge in [-0.15, -0.1) is 0 Å². The molecule has 1 amide bonds. The van der Waals surface area contributed by atoms with Gasteiger partial charge in [-0.1, -0.05) is 42.5 Å². The molecule has 2 aromatic carbocycles. The molecular weight excluding hydrogens is 274 g/mol. The van der Waals surface area contributed by atoms with Gasteiger partial charge in [0.05, 0.1) is 0 Å². The molecule has 0 aliphatic carbocycles. The van der Waals surface area contributed by atoms with Crippen molar-refractivity contribution < 1.29 is 9.21 Å². The van der Waals surface area contributed by atoms with Gasteiger partial charge in [0.15, 0.2) is 5.76 Å². The molecule has 0 saturated heterocycles. The minimum Gasteiger partial charge on any atom is -0.451 e. The van der Waals surface area contributed by atoms with Crippen LogP contribution >= 0.6 is 0 Å². The number of hydrogen-bond donors (Lipinski definition) is 0. The van der Waals surface area contributed by atoms with Gasteiger partial charge in [0.1, 0.15) is 5.58 Å². The van der Waals surface area contributed by atoms with Gasteiger partial charge in [-0.25, -0.2) is 0 Å². The first-order valence-electron chi connectivity index (χ1n) is 7.36. The molecule has 0 aliphatic heterocycles. The first-order valence-corrected chi connectivity index (χ1v) is 7.36. The Balaban J connectivity index is 1.89. The van der Waals surface area contributed by atoms with Crippen molar-refractivity contribution in [2.75, 3.05) is 7.05 Å². The van der Waals surface area contributed by atoms with Crippen LogP contribution in [0.4, 0.5) is 0 Å².